The fourth-order valence-electron chi connectivity index (χ4n) is 4.55. The normalized spacial score (nSPS) is 22.6. The highest BCUT2D eigenvalue weighted by Gasteiger charge is 2.48. The summed E-state index contributed by atoms with van der Waals surface area (Å²) in [5.41, 5.74) is 0.278. The number of quaternary nitrogens is 1. The van der Waals surface area contributed by atoms with Gasteiger partial charge < -0.3 is 26.4 Å². The predicted molar refractivity (Wildman–Crippen MR) is 133 cm³/mol. The second kappa shape index (κ2) is 12.5. The number of esters is 1. The van der Waals surface area contributed by atoms with E-state index in [1.54, 1.807) is 0 Å². The molecule has 2 bridgehead atoms. The maximum Gasteiger partial charge on any atom is 0.412 e. The molecule has 0 aliphatic carbocycles. The van der Waals surface area contributed by atoms with E-state index < -0.39 is 11.7 Å². The molecule has 5 rings (SSSR count). The lowest BCUT2D eigenvalue weighted by Gasteiger charge is -2.51. The van der Waals surface area contributed by atoms with Crippen LogP contribution in [0.2, 0.25) is 0 Å². The molecule has 4 heterocycles. The third kappa shape index (κ3) is 8.94. The summed E-state index contributed by atoms with van der Waals surface area (Å²) in [6.07, 6.45) is 1.71. The average molecular weight is 523 g/mol. The fourth-order valence-corrected chi connectivity index (χ4v) is 5.21. The van der Waals surface area contributed by atoms with Crippen LogP contribution in [0, 0.1) is 5.92 Å². The van der Waals surface area contributed by atoms with Crippen LogP contribution in [-0.4, -0.2) is 60.2 Å². The van der Waals surface area contributed by atoms with Crippen LogP contribution in [-0.2, 0) is 14.3 Å². The Balaban J connectivity index is 0.000000256. The molecule has 3 saturated heterocycles. The van der Waals surface area contributed by atoms with Crippen molar-refractivity contribution in [1.82, 2.24) is 0 Å². The van der Waals surface area contributed by atoms with Gasteiger partial charge in [0.25, 0.3) is 0 Å². The van der Waals surface area contributed by atoms with Crippen molar-refractivity contribution < 1.29 is 40.7 Å². The van der Waals surface area contributed by atoms with E-state index in [4.69, 9.17) is 9.47 Å². The van der Waals surface area contributed by atoms with Crippen molar-refractivity contribution in [3.05, 3.63) is 52.7 Å². The number of fused-ring (bicyclic) bond motifs is 3. The van der Waals surface area contributed by atoms with Crippen LogP contribution in [0.15, 0.2) is 47.8 Å². The van der Waals surface area contributed by atoms with Crippen molar-refractivity contribution in [2.24, 2.45) is 5.92 Å². The highest BCUT2D eigenvalue weighted by Crippen LogP contribution is 2.36. The molecule has 9 heteroatoms. The Kier molecular flexibility index (Phi) is 10.3. The molecule has 192 valence electrons. The molecule has 3 fully saturated rings. The van der Waals surface area contributed by atoms with E-state index in [2.05, 4.69) is 5.32 Å². The van der Waals surface area contributed by atoms with Gasteiger partial charge in [0.15, 0.2) is 6.10 Å². The van der Waals surface area contributed by atoms with Gasteiger partial charge >= 0.3 is 12.1 Å². The lowest BCUT2D eigenvalue weighted by molar-refractivity contribution is -0.938. The number of carbonyl (C=O) groups is 3. The van der Waals surface area contributed by atoms with E-state index >= 15 is 0 Å². The number of halogens is 1. The molecule has 0 radical (unpaired) electrons. The van der Waals surface area contributed by atoms with Gasteiger partial charge in [0, 0.05) is 31.4 Å². The summed E-state index contributed by atoms with van der Waals surface area (Å²) in [6, 6.07) is 13.0. The summed E-state index contributed by atoms with van der Waals surface area (Å²) in [5.74, 6) is 0.518. The number of nitrogens with one attached hydrogen (secondary N) is 1. The highest BCUT2D eigenvalue weighted by molar-refractivity contribution is 7.12. The number of hydrogen-bond donors (Lipinski definition) is 1. The molecule has 1 N–H and O–H groups in total. The number of nitrogens with zero attached hydrogens (tertiary/aromatic N) is 1. The molecule has 3 aliphatic rings. The number of piperidine rings is 3. The van der Waals surface area contributed by atoms with Gasteiger partial charge in [-0.15, -0.1) is 11.3 Å². The SMILES string of the molecule is CC(=O)O[C@H]1C[N+]2(CC(=O)c3cccs3)CCC1CC2.CC(C)(C)OC(=O)Nc1ccccc1.[Cl-]. The summed E-state index contributed by atoms with van der Waals surface area (Å²) >= 11 is 1.51. The number of amides is 1. The summed E-state index contributed by atoms with van der Waals surface area (Å²) in [4.78, 5) is 35.7. The van der Waals surface area contributed by atoms with Gasteiger partial charge in [0.2, 0.25) is 5.78 Å². The van der Waals surface area contributed by atoms with Crippen LogP contribution < -0.4 is 17.7 Å². The van der Waals surface area contributed by atoms with Gasteiger partial charge in [-0.1, -0.05) is 24.3 Å². The van der Waals surface area contributed by atoms with E-state index in [-0.39, 0.29) is 30.3 Å². The quantitative estimate of drug-likeness (QED) is 0.369. The van der Waals surface area contributed by atoms with E-state index in [1.807, 2.05) is 68.6 Å². The zero-order valence-electron chi connectivity index (χ0n) is 20.8. The predicted octanol–water partition coefficient (Wildman–Crippen LogP) is 2.14. The number of rotatable bonds is 5. The zero-order valence-corrected chi connectivity index (χ0v) is 22.4. The summed E-state index contributed by atoms with van der Waals surface area (Å²) in [6.45, 7) is 10.4. The topological polar surface area (TPSA) is 81.7 Å². The maximum atomic E-state index is 12.4. The highest BCUT2D eigenvalue weighted by atomic mass is 35.5. The standard InChI is InChI=1S/C15H20NO3S.C11H15NO2.ClH/c1-11(17)19-14-10-16(6-4-12(14)5-7-16)9-13(18)15-3-2-8-20-15;1-11(2,3)14-10(13)12-9-7-5-4-6-8-9;/h2-3,8,12,14H,4-7,9-10H2,1H3;4-8H,1-3H3,(H,12,13);1H/q+1;;/p-1/t12?,14-,16?;;/m0../s1. The van der Waals surface area contributed by atoms with E-state index in [9.17, 15) is 14.4 Å². The first-order valence-corrected chi connectivity index (χ1v) is 12.6. The fraction of sp³-hybridized carbons (Fsp3) is 0.500. The van der Waals surface area contributed by atoms with Gasteiger partial charge in [-0.05, 0) is 44.4 Å². The van der Waals surface area contributed by atoms with E-state index in [1.165, 1.54) is 18.3 Å². The van der Waals surface area contributed by atoms with Crippen molar-refractivity contribution in [1.29, 1.82) is 0 Å². The summed E-state index contributed by atoms with van der Waals surface area (Å²) in [5, 5.41) is 4.58. The summed E-state index contributed by atoms with van der Waals surface area (Å²) in [7, 11) is 0. The molecule has 35 heavy (non-hydrogen) atoms. The monoisotopic (exact) mass is 522 g/mol. The summed E-state index contributed by atoms with van der Waals surface area (Å²) < 4.78 is 11.3. The molecular weight excluding hydrogens is 488 g/mol. The number of anilines is 1. The molecular formula is C26H35ClN2O5S. The molecule has 3 aliphatic heterocycles. The molecule has 1 aromatic heterocycles. The van der Waals surface area contributed by atoms with Crippen LogP contribution in [0.25, 0.3) is 0 Å². The molecule has 1 amide bonds. The lowest BCUT2D eigenvalue weighted by atomic mass is 9.83. The largest absolute Gasteiger partial charge is 1.00 e. The Hall–Kier alpha value is -2.42. The van der Waals surface area contributed by atoms with Gasteiger partial charge in [-0.25, -0.2) is 4.79 Å². The number of para-hydroxylation sites is 1. The zero-order chi connectivity index (χ0) is 24.8. The number of benzene rings is 1. The number of carbonyl (C=O) groups excluding carboxylic acids is 3. The Morgan fingerprint density at radius 1 is 1.06 bits per heavy atom. The molecule has 1 aromatic carbocycles. The minimum Gasteiger partial charge on any atom is -1.00 e. The minimum atomic E-state index is -0.459. The Bertz CT molecular complexity index is 967. The Morgan fingerprint density at radius 2 is 1.71 bits per heavy atom. The van der Waals surface area contributed by atoms with E-state index in [0.717, 1.165) is 47.5 Å². The van der Waals surface area contributed by atoms with Gasteiger partial charge in [0.05, 0.1) is 18.0 Å². The smallest absolute Gasteiger partial charge is 0.412 e. The number of Topliss-reactive ketones (excluding diaryl/α,β-unsaturated/α-hetero) is 1. The van der Waals surface area contributed by atoms with Crippen molar-refractivity contribution >= 4 is 34.9 Å². The van der Waals surface area contributed by atoms with Crippen LogP contribution >= 0.6 is 11.3 Å². The van der Waals surface area contributed by atoms with Crippen molar-refractivity contribution in [3.63, 3.8) is 0 Å². The molecule has 0 spiro atoms. The number of thiophene rings is 1. The molecule has 7 nitrogen and oxygen atoms in total. The third-order valence-corrected chi connectivity index (χ3v) is 6.96. The van der Waals surface area contributed by atoms with Crippen molar-refractivity contribution in [3.8, 4) is 0 Å². The Morgan fingerprint density at radius 3 is 2.26 bits per heavy atom. The first-order chi connectivity index (χ1) is 16.1. The molecule has 0 unspecified atom stereocenters. The van der Waals surface area contributed by atoms with Crippen LogP contribution in [0.4, 0.5) is 10.5 Å². The minimum absolute atomic E-state index is 0. The molecule has 0 saturated carbocycles. The van der Waals surface area contributed by atoms with Gasteiger partial charge in [0.1, 0.15) is 18.7 Å². The number of ether oxygens (including phenoxy) is 2. The van der Waals surface area contributed by atoms with Crippen LogP contribution in [0.5, 0.6) is 0 Å². The van der Waals surface area contributed by atoms with E-state index in [0.29, 0.717) is 12.5 Å². The third-order valence-electron chi connectivity index (χ3n) is 6.05. The lowest BCUT2D eigenvalue weighted by Crippen LogP contribution is -3.00. The molecule has 1 atom stereocenters. The van der Waals surface area contributed by atoms with Gasteiger partial charge in [-0.3, -0.25) is 14.9 Å². The van der Waals surface area contributed by atoms with Crippen LogP contribution in [0.3, 0.4) is 0 Å². The number of hydrogen-bond acceptors (Lipinski definition) is 6. The second-order valence-corrected chi connectivity index (χ2v) is 11.0. The average Bonchev–Trinajstić information content (AvgIpc) is 3.29. The van der Waals surface area contributed by atoms with Crippen molar-refractivity contribution in [2.75, 3.05) is 31.5 Å². The maximum absolute atomic E-state index is 12.4. The Labute approximate surface area is 217 Å². The second-order valence-electron chi connectivity index (χ2n) is 10.0. The van der Waals surface area contributed by atoms with Crippen LogP contribution in [0.1, 0.15) is 50.2 Å². The first-order valence-electron chi connectivity index (χ1n) is 11.7. The van der Waals surface area contributed by atoms with Gasteiger partial charge in [-0.2, -0.15) is 0 Å². The van der Waals surface area contributed by atoms with Crippen molar-refractivity contribution in [2.45, 2.75) is 52.2 Å². The first kappa shape index (κ1) is 28.8. The number of ketones is 1. The molecule has 2 aromatic rings.